The van der Waals surface area contributed by atoms with E-state index in [1.807, 2.05) is 4.57 Å². The van der Waals surface area contributed by atoms with Crippen molar-refractivity contribution < 1.29 is 0 Å². The molecule has 1 heterocycles. The Morgan fingerprint density at radius 3 is 2.80 bits per heavy atom. The van der Waals surface area contributed by atoms with Gasteiger partial charge >= 0.3 is 0 Å². The lowest BCUT2D eigenvalue weighted by molar-refractivity contribution is 0.0990. The van der Waals surface area contributed by atoms with E-state index in [0.29, 0.717) is 10.2 Å². The monoisotopic (exact) mass is 224 g/mol. The average molecular weight is 224 g/mol. The van der Waals surface area contributed by atoms with Crippen molar-refractivity contribution in [3.05, 3.63) is 27.4 Å². The van der Waals surface area contributed by atoms with Crippen LogP contribution in [0.25, 0.3) is 0 Å². The maximum Gasteiger partial charge on any atom is 0.251 e. The molecule has 0 unspecified atom stereocenters. The lowest BCUT2D eigenvalue weighted by Gasteiger charge is -2.41. The van der Waals surface area contributed by atoms with Gasteiger partial charge in [-0.15, -0.1) is 0 Å². The summed E-state index contributed by atoms with van der Waals surface area (Å²) in [7, 11) is 0. The van der Waals surface area contributed by atoms with Crippen molar-refractivity contribution in [1.82, 2.24) is 9.55 Å². The molecular formula is C11H16N2OS. The number of aromatic nitrogens is 2. The fourth-order valence-corrected chi connectivity index (χ4v) is 2.46. The highest BCUT2D eigenvalue weighted by Crippen LogP contribution is 2.44. The average Bonchev–Trinajstić information content (AvgIpc) is 2.14. The van der Waals surface area contributed by atoms with E-state index in [0.717, 1.165) is 6.54 Å². The van der Waals surface area contributed by atoms with E-state index in [4.69, 9.17) is 12.2 Å². The molecule has 1 N–H and O–H groups in total. The molecule has 1 aliphatic rings. The van der Waals surface area contributed by atoms with Crippen molar-refractivity contribution in [3.8, 4) is 0 Å². The summed E-state index contributed by atoms with van der Waals surface area (Å²) in [6.07, 6.45) is 6.88. The molecule has 0 atom stereocenters. The Kier molecular flexibility index (Phi) is 2.78. The van der Waals surface area contributed by atoms with E-state index in [1.54, 1.807) is 6.20 Å². The van der Waals surface area contributed by atoms with Crippen molar-refractivity contribution >= 4 is 12.2 Å². The second kappa shape index (κ2) is 3.93. The van der Waals surface area contributed by atoms with Crippen LogP contribution in [-0.4, -0.2) is 9.55 Å². The van der Waals surface area contributed by atoms with Gasteiger partial charge in [0.1, 0.15) is 0 Å². The van der Waals surface area contributed by atoms with Crippen LogP contribution in [0.5, 0.6) is 0 Å². The van der Waals surface area contributed by atoms with Gasteiger partial charge in [0, 0.05) is 18.8 Å². The van der Waals surface area contributed by atoms with Crippen molar-refractivity contribution in [2.24, 2.45) is 5.41 Å². The normalized spacial score (nSPS) is 18.5. The molecule has 3 nitrogen and oxygen atoms in total. The number of hydrogen-bond donors (Lipinski definition) is 1. The Balaban J connectivity index is 2.24. The highest BCUT2D eigenvalue weighted by molar-refractivity contribution is 7.71. The first-order chi connectivity index (χ1) is 7.15. The van der Waals surface area contributed by atoms with Gasteiger partial charge in [0.05, 0.1) is 0 Å². The quantitative estimate of drug-likeness (QED) is 0.801. The summed E-state index contributed by atoms with van der Waals surface area (Å²) in [5.41, 5.74) is 0.312. The van der Waals surface area contributed by atoms with Crippen LogP contribution in [0, 0.1) is 10.2 Å². The summed E-state index contributed by atoms with van der Waals surface area (Å²) < 4.78 is 2.53. The predicted octanol–water partition coefficient (Wildman–Crippen LogP) is 2.49. The third-order valence-electron chi connectivity index (χ3n) is 3.57. The topological polar surface area (TPSA) is 37.8 Å². The minimum absolute atomic E-state index is 0.115. The Bertz CT molecular complexity index is 451. The Hall–Kier alpha value is -0.900. The van der Waals surface area contributed by atoms with Crippen molar-refractivity contribution in [2.75, 3.05) is 0 Å². The maximum atomic E-state index is 11.0. The van der Waals surface area contributed by atoms with Gasteiger partial charge in [0.25, 0.3) is 5.56 Å². The number of aromatic amines is 1. The first-order valence-electron chi connectivity index (χ1n) is 5.45. The summed E-state index contributed by atoms with van der Waals surface area (Å²) in [5.74, 6) is 0. The van der Waals surface area contributed by atoms with Crippen LogP contribution in [0.15, 0.2) is 17.1 Å². The van der Waals surface area contributed by atoms with Gasteiger partial charge < -0.3 is 4.57 Å². The lowest BCUT2D eigenvalue weighted by Crippen LogP contribution is -2.34. The van der Waals surface area contributed by atoms with Gasteiger partial charge in [-0.05, 0) is 36.9 Å². The minimum Gasteiger partial charge on any atom is -0.325 e. The zero-order chi connectivity index (χ0) is 10.9. The standard InChI is InChI=1S/C11H16N2OS/c1-2-11(5-3-6-11)8-13-7-4-9(14)12-10(13)15/h4,7H,2-3,5-6,8H2,1H3,(H,12,14,15). The minimum atomic E-state index is -0.115. The Morgan fingerprint density at radius 2 is 2.33 bits per heavy atom. The molecule has 0 spiro atoms. The van der Waals surface area contributed by atoms with E-state index in [1.165, 1.54) is 31.7 Å². The lowest BCUT2D eigenvalue weighted by atomic mass is 9.67. The zero-order valence-corrected chi connectivity index (χ0v) is 9.77. The van der Waals surface area contributed by atoms with Crippen LogP contribution in [0.1, 0.15) is 32.6 Å². The molecule has 82 valence electrons. The van der Waals surface area contributed by atoms with Crippen LogP contribution >= 0.6 is 12.2 Å². The first kappa shape index (κ1) is 10.6. The third-order valence-corrected chi connectivity index (χ3v) is 3.90. The number of nitrogens with zero attached hydrogens (tertiary/aromatic N) is 1. The van der Waals surface area contributed by atoms with Gasteiger partial charge in [-0.2, -0.15) is 0 Å². The number of rotatable bonds is 3. The first-order valence-corrected chi connectivity index (χ1v) is 5.86. The van der Waals surface area contributed by atoms with E-state index in [9.17, 15) is 4.79 Å². The molecule has 2 rings (SSSR count). The summed E-state index contributed by atoms with van der Waals surface area (Å²) in [4.78, 5) is 13.7. The third kappa shape index (κ3) is 2.04. The molecule has 0 amide bonds. The van der Waals surface area contributed by atoms with E-state index in [2.05, 4.69) is 11.9 Å². The van der Waals surface area contributed by atoms with Crippen molar-refractivity contribution in [1.29, 1.82) is 0 Å². The summed E-state index contributed by atoms with van der Waals surface area (Å²) >= 11 is 5.13. The van der Waals surface area contributed by atoms with E-state index in [-0.39, 0.29) is 5.56 Å². The van der Waals surface area contributed by atoms with Crippen molar-refractivity contribution in [3.63, 3.8) is 0 Å². The number of H-pyrrole nitrogens is 1. The molecule has 15 heavy (non-hydrogen) atoms. The van der Waals surface area contributed by atoms with E-state index >= 15 is 0 Å². The van der Waals surface area contributed by atoms with E-state index < -0.39 is 0 Å². The molecule has 0 bridgehead atoms. The molecular weight excluding hydrogens is 208 g/mol. The molecule has 1 saturated carbocycles. The van der Waals surface area contributed by atoms with Crippen LogP contribution in [0.3, 0.4) is 0 Å². The number of nitrogens with one attached hydrogen (secondary N) is 1. The molecule has 1 fully saturated rings. The molecule has 0 radical (unpaired) electrons. The SMILES string of the molecule is CCC1(Cn2ccc(=O)[nH]c2=S)CCC1. The van der Waals surface area contributed by atoms with Gasteiger partial charge in [0.15, 0.2) is 4.77 Å². The van der Waals surface area contributed by atoms with Gasteiger partial charge in [0.2, 0.25) is 0 Å². The molecule has 0 saturated heterocycles. The molecule has 4 heteroatoms. The highest BCUT2D eigenvalue weighted by Gasteiger charge is 2.35. The van der Waals surface area contributed by atoms with Crippen LogP contribution in [0.4, 0.5) is 0 Å². The zero-order valence-electron chi connectivity index (χ0n) is 8.95. The molecule has 1 aromatic heterocycles. The van der Waals surface area contributed by atoms with Gasteiger partial charge in [-0.1, -0.05) is 13.3 Å². The molecule has 1 aliphatic carbocycles. The Morgan fingerprint density at radius 1 is 1.60 bits per heavy atom. The highest BCUT2D eigenvalue weighted by atomic mass is 32.1. The molecule has 1 aromatic rings. The largest absolute Gasteiger partial charge is 0.325 e. The number of hydrogen-bond acceptors (Lipinski definition) is 2. The van der Waals surface area contributed by atoms with Crippen LogP contribution in [0.2, 0.25) is 0 Å². The molecule has 0 aromatic carbocycles. The predicted molar refractivity (Wildman–Crippen MR) is 62.5 cm³/mol. The van der Waals surface area contributed by atoms with Crippen molar-refractivity contribution in [2.45, 2.75) is 39.2 Å². The summed E-state index contributed by atoms with van der Waals surface area (Å²) in [6, 6.07) is 1.54. The second-order valence-electron chi connectivity index (χ2n) is 4.45. The fourth-order valence-electron chi connectivity index (χ4n) is 2.23. The maximum absolute atomic E-state index is 11.0. The fraction of sp³-hybridized carbons (Fsp3) is 0.636. The van der Waals surface area contributed by atoms with Crippen LogP contribution < -0.4 is 5.56 Å². The van der Waals surface area contributed by atoms with Gasteiger partial charge in [-0.3, -0.25) is 9.78 Å². The Labute approximate surface area is 94.1 Å². The summed E-state index contributed by atoms with van der Waals surface area (Å²) in [6.45, 7) is 3.17. The second-order valence-corrected chi connectivity index (χ2v) is 4.83. The van der Waals surface area contributed by atoms with Crippen LogP contribution in [-0.2, 0) is 6.54 Å². The summed E-state index contributed by atoms with van der Waals surface area (Å²) in [5, 5.41) is 0. The smallest absolute Gasteiger partial charge is 0.251 e. The molecule has 0 aliphatic heterocycles. The van der Waals surface area contributed by atoms with Gasteiger partial charge in [-0.25, -0.2) is 0 Å².